The second kappa shape index (κ2) is 5.05. The summed E-state index contributed by atoms with van der Waals surface area (Å²) in [7, 11) is 0. The van der Waals surface area contributed by atoms with Gasteiger partial charge in [-0.3, -0.25) is 0 Å². The lowest BCUT2D eigenvalue weighted by Gasteiger charge is -2.10. The van der Waals surface area contributed by atoms with Crippen LogP contribution in [0.5, 0.6) is 5.88 Å². The Bertz CT molecular complexity index is 361. The van der Waals surface area contributed by atoms with Crippen molar-refractivity contribution in [2.45, 2.75) is 38.5 Å². The van der Waals surface area contributed by atoms with Crippen LogP contribution in [-0.4, -0.2) is 11.6 Å². The molecule has 0 spiro atoms. The Hall–Kier alpha value is -0.760. The zero-order valence-electron chi connectivity index (χ0n) is 9.87. The van der Waals surface area contributed by atoms with Crippen molar-refractivity contribution in [2.24, 2.45) is 5.92 Å². The van der Waals surface area contributed by atoms with E-state index in [1.54, 1.807) is 0 Å². The monoisotopic (exact) mass is 239 g/mol. The molecule has 2 nitrogen and oxygen atoms in total. The van der Waals surface area contributed by atoms with Gasteiger partial charge in [-0.25, -0.2) is 4.98 Å². The Morgan fingerprint density at radius 1 is 1.44 bits per heavy atom. The first-order valence-corrected chi connectivity index (χ1v) is 6.42. The lowest BCUT2D eigenvalue weighted by atomic mass is 10.1. The first-order valence-electron chi connectivity index (χ1n) is 5.88. The smallest absolute Gasteiger partial charge is 0.213 e. The average molecular weight is 240 g/mol. The van der Waals surface area contributed by atoms with Gasteiger partial charge < -0.3 is 4.74 Å². The maximum absolute atomic E-state index is 5.87. The van der Waals surface area contributed by atoms with Gasteiger partial charge in [0, 0.05) is 17.6 Å². The first-order chi connectivity index (χ1) is 7.69. The largest absolute Gasteiger partial charge is 0.477 e. The van der Waals surface area contributed by atoms with Crippen molar-refractivity contribution in [1.82, 2.24) is 4.98 Å². The third kappa shape index (κ3) is 3.11. The summed E-state index contributed by atoms with van der Waals surface area (Å²) in [6.07, 6.45) is 2.60. The van der Waals surface area contributed by atoms with E-state index < -0.39 is 0 Å². The molecule has 0 atom stereocenters. The van der Waals surface area contributed by atoms with Gasteiger partial charge in [-0.15, -0.1) is 11.6 Å². The predicted octanol–water partition coefficient (Wildman–Crippen LogP) is 3.73. The molecule has 0 bridgehead atoms. The van der Waals surface area contributed by atoms with Crippen LogP contribution in [0.3, 0.4) is 0 Å². The fourth-order valence-electron chi connectivity index (χ4n) is 1.52. The zero-order valence-corrected chi connectivity index (χ0v) is 10.6. The molecular weight excluding hydrogens is 222 g/mol. The molecule has 16 heavy (non-hydrogen) atoms. The molecule has 2 rings (SSSR count). The van der Waals surface area contributed by atoms with Crippen LogP contribution in [-0.2, 0) is 5.88 Å². The molecular formula is C13H18ClNO. The fraction of sp³-hybridized carbons (Fsp3) is 0.615. The van der Waals surface area contributed by atoms with Gasteiger partial charge in [0.1, 0.15) is 0 Å². The summed E-state index contributed by atoms with van der Waals surface area (Å²) in [5.74, 6) is 2.41. The van der Waals surface area contributed by atoms with Gasteiger partial charge >= 0.3 is 0 Å². The maximum Gasteiger partial charge on any atom is 0.213 e. The molecule has 1 saturated carbocycles. The van der Waals surface area contributed by atoms with Crippen molar-refractivity contribution in [3.63, 3.8) is 0 Å². The highest BCUT2D eigenvalue weighted by Gasteiger charge is 2.22. The molecule has 1 aromatic rings. The lowest BCUT2D eigenvalue weighted by Crippen LogP contribution is -2.04. The Morgan fingerprint density at radius 3 is 2.75 bits per heavy atom. The summed E-state index contributed by atoms with van der Waals surface area (Å²) < 4.78 is 5.69. The highest BCUT2D eigenvalue weighted by atomic mass is 35.5. The predicted molar refractivity (Wildman–Crippen MR) is 66.1 cm³/mol. The number of halogens is 1. The van der Waals surface area contributed by atoms with Crippen molar-refractivity contribution < 1.29 is 4.74 Å². The Labute approximate surface area is 102 Å². The number of ether oxygens (including phenoxy) is 1. The Kier molecular flexibility index (Phi) is 3.70. The van der Waals surface area contributed by atoms with Crippen molar-refractivity contribution >= 4 is 11.6 Å². The summed E-state index contributed by atoms with van der Waals surface area (Å²) in [6, 6.07) is 4.00. The zero-order chi connectivity index (χ0) is 11.5. The molecule has 1 aliphatic rings. The second-order valence-electron chi connectivity index (χ2n) is 4.78. The van der Waals surface area contributed by atoms with E-state index in [2.05, 4.69) is 24.9 Å². The van der Waals surface area contributed by atoms with Crippen LogP contribution >= 0.6 is 11.6 Å². The lowest BCUT2D eigenvalue weighted by molar-refractivity contribution is 0.287. The number of pyridine rings is 1. The van der Waals surface area contributed by atoms with E-state index in [-0.39, 0.29) is 0 Å². The molecule has 1 heterocycles. The second-order valence-corrected chi connectivity index (χ2v) is 5.05. The van der Waals surface area contributed by atoms with Crippen LogP contribution in [0, 0.1) is 5.92 Å². The van der Waals surface area contributed by atoms with E-state index in [1.807, 2.05) is 6.07 Å². The normalized spacial score (nSPS) is 15.5. The number of aromatic nitrogens is 1. The van der Waals surface area contributed by atoms with Gasteiger partial charge in [0.25, 0.3) is 0 Å². The molecule has 1 aromatic heterocycles. The van der Waals surface area contributed by atoms with Gasteiger partial charge in [0.15, 0.2) is 0 Å². The van der Waals surface area contributed by atoms with Crippen molar-refractivity contribution in [3.8, 4) is 5.88 Å². The highest BCUT2D eigenvalue weighted by molar-refractivity contribution is 6.17. The van der Waals surface area contributed by atoms with Crippen molar-refractivity contribution in [3.05, 3.63) is 23.4 Å². The maximum atomic E-state index is 5.87. The average Bonchev–Trinajstić information content (AvgIpc) is 3.09. The molecule has 0 amide bonds. The standard InChI is InChI=1S/C13H18ClNO/c1-9(2)12-5-11(7-14)6-13(15-12)16-8-10-3-4-10/h5-6,9-10H,3-4,7-8H2,1-2H3. The van der Waals surface area contributed by atoms with Crippen LogP contribution in [0.15, 0.2) is 12.1 Å². The molecule has 1 fully saturated rings. The van der Waals surface area contributed by atoms with Crippen LogP contribution in [0.4, 0.5) is 0 Å². The molecule has 0 radical (unpaired) electrons. The van der Waals surface area contributed by atoms with E-state index in [1.165, 1.54) is 12.8 Å². The highest BCUT2D eigenvalue weighted by Crippen LogP contribution is 2.29. The van der Waals surface area contributed by atoms with Gasteiger partial charge in [-0.05, 0) is 36.3 Å². The minimum absolute atomic E-state index is 0.409. The summed E-state index contributed by atoms with van der Waals surface area (Å²) in [4.78, 5) is 4.50. The third-order valence-corrected chi connectivity index (χ3v) is 3.10. The molecule has 88 valence electrons. The van der Waals surface area contributed by atoms with E-state index >= 15 is 0 Å². The molecule has 1 aliphatic carbocycles. The van der Waals surface area contributed by atoms with E-state index in [4.69, 9.17) is 16.3 Å². The van der Waals surface area contributed by atoms with E-state index in [9.17, 15) is 0 Å². The van der Waals surface area contributed by atoms with Crippen molar-refractivity contribution in [1.29, 1.82) is 0 Å². The summed E-state index contributed by atoms with van der Waals surface area (Å²) >= 11 is 5.87. The van der Waals surface area contributed by atoms with Gasteiger partial charge in [0.2, 0.25) is 5.88 Å². The first kappa shape index (κ1) is 11.7. The molecule has 0 aromatic carbocycles. The number of rotatable bonds is 5. The quantitative estimate of drug-likeness (QED) is 0.731. The topological polar surface area (TPSA) is 22.1 Å². The van der Waals surface area contributed by atoms with E-state index in [0.717, 1.165) is 29.7 Å². The minimum atomic E-state index is 0.409. The number of hydrogen-bond acceptors (Lipinski definition) is 2. The molecule has 0 saturated heterocycles. The van der Waals surface area contributed by atoms with E-state index in [0.29, 0.717) is 11.8 Å². The van der Waals surface area contributed by atoms with Crippen LogP contribution in [0.1, 0.15) is 43.9 Å². The van der Waals surface area contributed by atoms with Gasteiger partial charge in [0.05, 0.1) is 6.61 Å². The van der Waals surface area contributed by atoms with Gasteiger partial charge in [-0.2, -0.15) is 0 Å². The minimum Gasteiger partial charge on any atom is -0.477 e. The number of hydrogen-bond donors (Lipinski definition) is 0. The van der Waals surface area contributed by atoms with Crippen LogP contribution in [0.2, 0.25) is 0 Å². The fourth-order valence-corrected chi connectivity index (χ4v) is 1.67. The SMILES string of the molecule is CC(C)c1cc(CCl)cc(OCC2CC2)n1. The Morgan fingerprint density at radius 2 is 2.19 bits per heavy atom. The summed E-state index contributed by atoms with van der Waals surface area (Å²) in [5, 5.41) is 0. The molecule has 0 N–H and O–H groups in total. The number of nitrogens with zero attached hydrogens (tertiary/aromatic N) is 1. The Balaban J connectivity index is 2.11. The van der Waals surface area contributed by atoms with Crippen LogP contribution in [0.25, 0.3) is 0 Å². The van der Waals surface area contributed by atoms with Crippen molar-refractivity contribution in [2.75, 3.05) is 6.61 Å². The molecule has 0 unspecified atom stereocenters. The van der Waals surface area contributed by atoms with Crippen LogP contribution < -0.4 is 4.74 Å². The summed E-state index contributed by atoms with van der Waals surface area (Å²) in [5.41, 5.74) is 2.15. The number of alkyl halides is 1. The molecule has 0 aliphatic heterocycles. The summed E-state index contributed by atoms with van der Waals surface area (Å²) in [6.45, 7) is 5.06. The van der Waals surface area contributed by atoms with Gasteiger partial charge in [-0.1, -0.05) is 13.8 Å². The third-order valence-electron chi connectivity index (χ3n) is 2.79. The molecule has 3 heteroatoms.